The summed E-state index contributed by atoms with van der Waals surface area (Å²) in [5.41, 5.74) is 0.149. The predicted molar refractivity (Wildman–Crippen MR) is 78.2 cm³/mol. The summed E-state index contributed by atoms with van der Waals surface area (Å²) in [6, 6.07) is 1.68. The lowest BCUT2D eigenvalue weighted by Gasteiger charge is -2.21. The van der Waals surface area contributed by atoms with Crippen molar-refractivity contribution >= 4 is 0 Å². The van der Waals surface area contributed by atoms with E-state index in [1.165, 1.54) is 0 Å². The van der Waals surface area contributed by atoms with Crippen molar-refractivity contribution in [3.63, 3.8) is 0 Å². The third-order valence-corrected chi connectivity index (χ3v) is 3.03. The van der Waals surface area contributed by atoms with Gasteiger partial charge >= 0.3 is 6.18 Å². The number of rotatable bonds is 2. The number of halogens is 3. The van der Waals surface area contributed by atoms with Crippen molar-refractivity contribution in [1.82, 2.24) is 4.98 Å². The number of pyridine rings is 1. The Balaban J connectivity index is 0.00000191. The predicted octanol–water partition coefficient (Wildman–Crippen LogP) is 5.55. The maximum Gasteiger partial charge on any atom is 0.434 e. The molecule has 0 amide bonds. The van der Waals surface area contributed by atoms with Crippen molar-refractivity contribution in [1.29, 1.82) is 5.26 Å². The molecule has 21 heavy (non-hydrogen) atoms. The lowest BCUT2D eigenvalue weighted by molar-refractivity contribution is -0.141. The molecule has 0 saturated carbocycles. The number of alkyl halides is 3. The maximum atomic E-state index is 13.0. The first-order chi connectivity index (χ1) is 9.61. The Morgan fingerprint density at radius 3 is 1.81 bits per heavy atom. The largest absolute Gasteiger partial charge is 0.434 e. The van der Waals surface area contributed by atoms with Crippen LogP contribution in [0.2, 0.25) is 0 Å². The first-order valence-electron chi connectivity index (χ1n) is 7.12. The molecule has 0 unspecified atom stereocenters. The topological polar surface area (TPSA) is 36.7 Å². The van der Waals surface area contributed by atoms with Crippen molar-refractivity contribution in [2.75, 3.05) is 0 Å². The molecular formula is C16H23F3N2. The van der Waals surface area contributed by atoms with Gasteiger partial charge in [-0.2, -0.15) is 18.4 Å². The number of hydrogen-bond acceptors (Lipinski definition) is 2. The zero-order valence-electron chi connectivity index (χ0n) is 13.7. The maximum absolute atomic E-state index is 13.0. The highest BCUT2D eigenvalue weighted by Crippen LogP contribution is 2.37. The monoisotopic (exact) mass is 300 g/mol. The van der Waals surface area contributed by atoms with Gasteiger partial charge in [-0.25, -0.2) is 4.98 Å². The van der Waals surface area contributed by atoms with Crippen LogP contribution in [-0.2, 0) is 6.18 Å². The van der Waals surface area contributed by atoms with Crippen molar-refractivity contribution in [2.45, 2.75) is 66.5 Å². The van der Waals surface area contributed by atoms with Gasteiger partial charge in [0.25, 0.3) is 0 Å². The first-order valence-corrected chi connectivity index (χ1v) is 7.12. The number of hydrogen-bond donors (Lipinski definition) is 0. The van der Waals surface area contributed by atoms with E-state index in [1.54, 1.807) is 40.7 Å². The molecule has 1 aromatic rings. The molecule has 0 fully saturated rings. The molecule has 1 aromatic heterocycles. The van der Waals surface area contributed by atoms with Gasteiger partial charge in [-0.15, -0.1) is 0 Å². The van der Waals surface area contributed by atoms with Gasteiger partial charge < -0.3 is 0 Å². The Kier molecular flexibility index (Phi) is 6.89. The minimum Gasteiger partial charge on any atom is -0.246 e. The first kappa shape index (κ1) is 19.4. The Morgan fingerprint density at radius 2 is 1.52 bits per heavy atom. The third-order valence-electron chi connectivity index (χ3n) is 3.03. The summed E-state index contributed by atoms with van der Waals surface area (Å²) in [6.07, 6.45) is -4.61. The highest BCUT2D eigenvalue weighted by molar-refractivity contribution is 5.50. The molecule has 0 N–H and O–H groups in total. The Morgan fingerprint density at radius 1 is 1.05 bits per heavy atom. The van der Waals surface area contributed by atoms with E-state index in [2.05, 4.69) is 4.98 Å². The minimum atomic E-state index is -4.61. The smallest absolute Gasteiger partial charge is 0.246 e. The van der Waals surface area contributed by atoms with Gasteiger partial charge in [0, 0.05) is 5.69 Å². The van der Waals surface area contributed by atoms with Crippen molar-refractivity contribution < 1.29 is 13.2 Å². The molecule has 0 aliphatic heterocycles. The summed E-state index contributed by atoms with van der Waals surface area (Å²) in [5, 5.41) is 9.08. The molecular weight excluding hydrogens is 277 g/mol. The molecule has 0 spiro atoms. The summed E-state index contributed by atoms with van der Waals surface area (Å²) in [6.45, 7) is 12.9. The van der Waals surface area contributed by atoms with Gasteiger partial charge in [0.1, 0.15) is 6.07 Å². The SMILES string of the molecule is CC.Cc1c(C(C)C)nc(C(F)(F)F)c(C#N)c1C(C)C. The number of nitrogens with zero attached hydrogens (tertiary/aromatic N) is 2. The molecule has 0 bridgehead atoms. The summed E-state index contributed by atoms with van der Waals surface area (Å²) in [4.78, 5) is 3.71. The summed E-state index contributed by atoms with van der Waals surface area (Å²) < 4.78 is 39.1. The van der Waals surface area contributed by atoms with E-state index < -0.39 is 11.9 Å². The van der Waals surface area contributed by atoms with Crippen molar-refractivity contribution in [3.05, 3.63) is 28.1 Å². The normalized spacial score (nSPS) is 11.2. The molecule has 0 aromatic carbocycles. The fourth-order valence-corrected chi connectivity index (χ4v) is 2.32. The quantitative estimate of drug-likeness (QED) is 0.717. The minimum absolute atomic E-state index is 0.119. The third kappa shape index (κ3) is 4.20. The van der Waals surface area contributed by atoms with Crippen LogP contribution >= 0.6 is 0 Å². The van der Waals surface area contributed by atoms with Crippen LogP contribution in [0, 0.1) is 18.3 Å². The van der Waals surface area contributed by atoms with E-state index in [4.69, 9.17) is 5.26 Å². The summed E-state index contributed by atoms with van der Waals surface area (Å²) in [7, 11) is 0. The standard InChI is InChI=1S/C14H17F3N2.C2H6/c1-7(2)11-9(5)12(8(3)4)19-13(10(11)6-18)14(15,16)17;1-2/h7-8H,1-5H3;1-2H3. The van der Waals surface area contributed by atoms with Crippen LogP contribution < -0.4 is 0 Å². The fraction of sp³-hybridized carbons (Fsp3) is 0.625. The molecule has 2 nitrogen and oxygen atoms in total. The second-order valence-electron chi connectivity index (χ2n) is 5.18. The lowest BCUT2D eigenvalue weighted by atomic mass is 9.88. The molecule has 0 aliphatic rings. The van der Waals surface area contributed by atoms with Crippen LogP contribution in [0.3, 0.4) is 0 Å². The second kappa shape index (κ2) is 7.44. The summed E-state index contributed by atoms with van der Waals surface area (Å²) >= 11 is 0. The Labute approximate surface area is 125 Å². The molecule has 1 heterocycles. The summed E-state index contributed by atoms with van der Waals surface area (Å²) in [5.74, 6) is -0.275. The Bertz CT molecular complexity index is 524. The average Bonchev–Trinajstić information content (AvgIpc) is 2.37. The van der Waals surface area contributed by atoms with Crippen LogP contribution in [0.25, 0.3) is 0 Å². The molecule has 0 saturated heterocycles. The Hall–Kier alpha value is -1.57. The van der Waals surface area contributed by atoms with Gasteiger partial charge in [0.05, 0.1) is 5.56 Å². The molecule has 0 atom stereocenters. The van der Waals surface area contributed by atoms with Gasteiger partial charge in [-0.1, -0.05) is 41.5 Å². The fourth-order valence-electron chi connectivity index (χ4n) is 2.32. The van der Waals surface area contributed by atoms with Crippen molar-refractivity contribution in [2.24, 2.45) is 0 Å². The number of nitriles is 1. The van der Waals surface area contributed by atoms with E-state index in [1.807, 2.05) is 13.8 Å². The van der Waals surface area contributed by atoms with Gasteiger partial charge in [0.15, 0.2) is 5.69 Å². The molecule has 0 radical (unpaired) electrons. The molecule has 5 heteroatoms. The van der Waals surface area contributed by atoms with E-state index in [-0.39, 0.29) is 17.4 Å². The van der Waals surface area contributed by atoms with E-state index >= 15 is 0 Å². The van der Waals surface area contributed by atoms with Crippen LogP contribution in [0.5, 0.6) is 0 Å². The van der Waals surface area contributed by atoms with Gasteiger partial charge in [-0.05, 0) is 29.9 Å². The highest BCUT2D eigenvalue weighted by atomic mass is 19.4. The zero-order valence-corrected chi connectivity index (χ0v) is 13.7. The molecule has 118 valence electrons. The van der Waals surface area contributed by atoms with Crippen LogP contribution in [0.15, 0.2) is 0 Å². The number of aromatic nitrogens is 1. The van der Waals surface area contributed by atoms with Crippen LogP contribution in [-0.4, -0.2) is 4.98 Å². The molecule has 0 aliphatic carbocycles. The lowest BCUT2D eigenvalue weighted by Crippen LogP contribution is -2.17. The second-order valence-corrected chi connectivity index (χ2v) is 5.18. The van der Waals surface area contributed by atoms with Crippen molar-refractivity contribution in [3.8, 4) is 6.07 Å². The van der Waals surface area contributed by atoms with E-state index in [0.717, 1.165) is 0 Å². The highest BCUT2D eigenvalue weighted by Gasteiger charge is 2.38. The van der Waals surface area contributed by atoms with Crippen LogP contribution in [0.1, 0.15) is 81.5 Å². The average molecular weight is 300 g/mol. The van der Waals surface area contributed by atoms with Crippen LogP contribution in [0.4, 0.5) is 13.2 Å². The van der Waals surface area contributed by atoms with Gasteiger partial charge in [-0.3, -0.25) is 0 Å². The molecule has 1 rings (SSSR count). The van der Waals surface area contributed by atoms with E-state index in [0.29, 0.717) is 16.8 Å². The van der Waals surface area contributed by atoms with Gasteiger partial charge in [0.2, 0.25) is 0 Å². The van der Waals surface area contributed by atoms with E-state index in [9.17, 15) is 13.2 Å². The zero-order chi connectivity index (χ0) is 17.0.